The van der Waals surface area contributed by atoms with Crippen molar-refractivity contribution in [2.45, 2.75) is 32.5 Å². The van der Waals surface area contributed by atoms with Crippen molar-refractivity contribution in [1.29, 1.82) is 0 Å². The number of nitrogens with one attached hydrogen (secondary N) is 2. The summed E-state index contributed by atoms with van der Waals surface area (Å²) in [4.78, 5) is 41.1. The number of hydrogen-bond acceptors (Lipinski definition) is 4. The van der Waals surface area contributed by atoms with Gasteiger partial charge in [-0.25, -0.2) is 0 Å². The molecule has 0 bridgehead atoms. The molecule has 1 aromatic carbocycles. The van der Waals surface area contributed by atoms with Gasteiger partial charge in [-0.1, -0.05) is 24.3 Å². The maximum Gasteiger partial charge on any atom is 0.271 e. The first-order valence-electron chi connectivity index (χ1n) is 9.91. The van der Waals surface area contributed by atoms with E-state index in [9.17, 15) is 14.4 Å². The summed E-state index contributed by atoms with van der Waals surface area (Å²) in [6.07, 6.45) is 0. The van der Waals surface area contributed by atoms with Gasteiger partial charge in [0.05, 0.1) is 19.6 Å². The first kappa shape index (κ1) is 20.2. The molecule has 1 aliphatic rings. The Kier molecular flexibility index (Phi) is 5.34. The molecule has 8 heteroatoms. The zero-order valence-electron chi connectivity index (χ0n) is 17.0. The van der Waals surface area contributed by atoms with E-state index in [0.717, 1.165) is 15.8 Å². The van der Waals surface area contributed by atoms with E-state index in [1.165, 1.54) is 0 Å². The molecule has 0 fully saturated rings. The van der Waals surface area contributed by atoms with Crippen molar-refractivity contribution in [3.05, 3.63) is 58.4 Å². The number of likely N-dealkylation sites (N-methyl/N-ethyl adjacent to an activating group) is 1. The van der Waals surface area contributed by atoms with Crippen molar-refractivity contribution < 1.29 is 14.4 Å². The molecule has 7 nitrogen and oxygen atoms in total. The molecule has 0 saturated carbocycles. The Hall–Kier alpha value is -3.13. The predicted molar refractivity (Wildman–Crippen MR) is 116 cm³/mol. The molecule has 156 valence electrons. The highest BCUT2D eigenvalue weighted by Crippen LogP contribution is 2.32. The summed E-state index contributed by atoms with van der Waals surface area (Å²) in [5.41, 5.74) is 0.413. The van der Waals surface area contributed by atoms with Crippen molar-refractivity contribution in [3.63, 3.8) is 0 Å². The first-order chi connectivity index (χ1) is 14.4. The minimum Gasteiger partial charge on any atom is -0.350 e. The molecule has 2 N–H and O–H groups in total. The third-order valence-corrected chi connectivity index (χ3v) is 6.47. The number of benzene rings is 1. The number of rotatable bonds is 6. The zero-order valence-corrected chi connectivity index (χ0v) is 17.8. The van der Waals surface area contributed by atoms with Gasteiger partial charge in [-0.15, -0.1) is 11.3 Å². The van der Waals surface area contributed by atoms with Gasteiger partial charge in [0.2, 0.25) is 11.8 Å². The molecule has 3 aromatic rings. The van der Waals surface area contributed by atoms with Crippen LogP contribution in [0.4, 0.5) is 0 Å². The third kappa shape index (κ3) is 3.47. The van der Waals surface area contributed by atoms with Crippen molar-refractivity contribution in [1.82, 2.24) is 20.1 Å². The molecule has 1 aliphatic heterocycles. The van der Waals surface area contributed by atoms with Crippen LogP contribution in [0, 0.1) is 0 Å². The molecule has 2 aromatic heterocycles. The molecular weight excluding hydrogens is 400 g/mol. The normalized spacial score (nSPS) is 18.3. The Bertz CT molecular complexity index is 1100. The van der Waals surface area contributed by atoms with Crippen molar-refractivity contribution in [2.24, 2.45) is 0 Å². The molecular formula is C22H24N4O3S. The number of fused-ring (bicyclic) bond motifs is 3. The van der Waals surface area contributed by atoms with Crippen LogP contribution in [0.1, 0.15) is 29.2 Å². The molecule has 0 radical (unpaired) electrons. The van der Waals surface area contributed by atoms with Gasteiger partial charge in [-0.3, -0.25) is 14.4 Å². The largest absolute Gasteiger partial charge is 0.350 e. The van der Waals surface area contributed by atoms with Crippen molar-refractivity contribution in [2.75, 3.05) is 13.1 Å². The Morgan fingerprint density at radius 1 is 1.17 bits per heavy atom. The highest BCUT2D eigenvalue weighted by atomic mass is 32.1. The summed E-state index contributed by atoms with van der Waals surface area (Å²) in [7, 11) is 0. The fourth-order valence-corrected chi connectivity index (χ4v) is 4.66. The fourth-order valence-electron chi connectivity index (χ4n) is 4.01. The molecule has 3 heterocycles. The molecule has 0 spiro atoms. The number of hydrogen-bond donors (Lipinski definition) is 2. The second kappa shape index (κ2) is 7.95. The van der Waals surface area contributed by atoms with Gasteiger partial charge in [-0.05, 0) is 37.4 Å². The lowest BCUT2D eigenvalue weighted by molar-refractivity contribution is -0.134. The van der Waals surface area contributed by atoms with Gasteiger partial charge >= 0.3 is 0 Å². The van der Waals surface area contributed by atoms with E-state index in [0.29, 0.717) is 25.3 Å². The molecule has 0 saturated heterocycles. The standard InChI is InChI=1S/C22H24N4O3S/c1-3-26-20(28)18-11-15-7-4-5-9-17(15)25(18)14-22(26,2)21(29)24-13-19(27)23-12-16-8-6-10-30-16/h4-11H,3,12-14H2,1-2H3,(H,23,27)(H,24,29). The van der Waals surface area contributed by atoms with Crippen LogP contribution in [0.2, 0.25) is 0 Å². The van der Waals surface area contributed by atoms with Gasteiger partial charge in [-0.2, -0.15) is 0 Å². The van der Waals surface area contributed by atoms with Gasteiger partial charge < -0.3 is 20.1 Å². The summed E-state index contributed by atoms with van der Waals surface area (Å²) in [5.74, 6) is -0.787. The Morgan fingerprint density at radius 3 is 2.70 bits per heavy atom. The summed E-state index contributed by atoms with van der Waals surface area (Å²) >= 11 is 1.56. The minimum atomic E-state index is -1.09. The van der Waals surface area contributed by atoms with E-state index < -0.39 is 5.54 Å². The van der Waals surface area contributed by atoms with Gasteiger partial charge in [0, 0.05) is 22.3 Å². The predicted octanol–water partition coefficient (Wildman–Crippen LogP) is 2.37. The number of thiophene rings is 1. The molecule has 0 aliphatic carbocycles. The average Bonchev–Trinajstić information content (AvgIpc) is 3.39. The first-order valence-corrected chi connectivity index (χ1v) is 10.8. The lowest BCUT2D eigenvalue weighted by Gasteiger charge is -2.43. The third-order valence-electron chi connectivity index (χ3n) is 5.59. The molecule has 4 rings (SSSR count). The maximum absolute atomic E-state index is 13.2. The zero-order chi connectivity index (χ0) is 21.3. The van der Waals surface area contributed by atoms with Gasteiger partial charge in [0.1, 0.15) is 11.2 Å². The molecule has 30 heavy (non-hydrogen) atoms. The summed E-state index contributed by atoms with van der Waals surface area (Å²) in [6, 6.07) is 13.5. The van der Waals surface area contributed by atoms with Crippen LogP contribution in [0.15, 0.2) is 47.8 Å². The van der Waals surface area contributed by atoms with Crippen LogP contribution in [0.25, 0.3) is 10.9 Å². The van der Waals surface area contributed by atoms with Crippen LogP contribution >= 0.6 is 11.3 Å². The Labute approximate surface area is 178 Å². The number of nitrogens with zero attached hydrogens (tertiary/aromatic N) is 2. The summed E-state index contributed by atoms with van der Waals surface area (Å²) in [5, 5.41) is 8.43. The van der Waals surface area contributed by atoms with Crippen LogP contribution in [-0.2, 0) is 22.7 Å². The van der Waals surface area contributed by atoms with E-state index in [2.05, 4.69) is 10.6 Å². The van der Waals surface area contributed by atoms with Gasteiger partial charge in [0.25, 0.3) is 5.91 Å². The summed E-state index contributed by atoms with van der Waals surface area (Å²) < 4.78 is 1.90. The van der Waals surface area contributed by atoms with Crippen molar-refractivity contribution in [3.8, 4) is 0 Å². The van der Waals surface area contributed by atoms with E-state index in [4.69, 9.17) is 0 Å². The Morgan fingerprint density at radius 2 is 1.97 bits per heavy atom. The number of aromatic nitrogens is 1. The summed E-state index contributed by atoms with van der Waals surface area (Å²) in [6.45, 7) is 4.64. The highest BCUT2D eigenvalue weighted by molar-refractivity contribution is 7.09. The van der Waals surface area contributed by atoms with Crippen LogP contribution < -0.4 is 10.6 Å². The number of amides is 3. The SMILES string of the molecule is CCN1C(=O)c2cc3ccccc3n2CC1(C)C(=O)NCC(=O)NCc1cccs1. The van der Waals surface area contributed by atoms with E-state index >= 15 is 0 Å². The Balaban J connectivity index is 1.50. The second-order valence-electron chi connectivity index (χ2n) is 7.54. The average molecular weight is 425 g/mol. The molecule has 1 atom stereocenters. The van der Waals surface area contributed by atoms with E-state index in [-0.39, 0.29) is 24.3 Å². The maximum atomic E-state index is 13.2. The van der Waals surface area contributed by atoms with E-state index in [1.54, 1.807) is 23.2 Å². The van der Waals surface area contributed by atoms with Crippen LogP contribution in [0.5, 0.6) is 0 Å². The topological polar surface area (TPSA) is 83.4 Å². The van der Waals surface area contributed by atoms with Crippen molar-refractivity contribution >= 4 is 40.0 Å². The minimum absolute atomic E-state index is 0.134. The highest BCUT2D eigenvalue weighted by Gasteiger charge is 2.46. The van der Waals surface area contributed by atoms with Gasteiger partial charge in [0.15, 0.2) is 0 Å². The number of para-hydroxylation sites is 1. The van der Waals surface area contributed by atoms with Crippen LogP contribution in [-0.4, -0.2) is 45.8 Å². The number of carbonyl (C=O) groups excluding carboxylic acids is 3. The van der Waals surface area contributed by atoms with Crippen LogP contribution in [0.3, 0.4) is 0 Å². The molecule has 1 unspecified atom stereocenters. The van der Waals surface area contributed by atoms with E-state index in [1.807, 2.05) is 59.3 Å². The molecule has 3 amide bonds. The lowest BCUT2D eigenvalue weighted by Crippen LogP contribution is -2.64. The number of carbonyl (C=O) groups is 3. The quantitative estimate of drug-likeness (QED) is 0.637. The monoisotopic (exact) mass is 424 g/mol. The fraction of sp³-hybridized carbons (Fsp3) is 0.318. The second-order valence-corrected chi connectivity index (χ2v) is 8.57. The smallest absolute Gasteiger partial charge is 0.271 e. The lowest BCUT2D eigenvalue weighted by atomic mass is 9.95.